The SMILES string of the molecule is CC(=O)NCC(=O)NCC1CCC(C(=O)O)O1. The van der Waals surface area contributed by atoms with Gasteiger partial charge in [0.05, 0.1) is 12.6 Å². The quantitative estimate of drug-likeness (QED) is 0.567. The highest BCUT2D eigenvalue weighted by Crippen LogP contribution is 2.18. The fraction of sp³-hybridized carbons (Fsp3) is 0.700. The second-order valence-electron chi connectivity index (χ2n) is 3.88. The van der Waals surface area contributed by atoms with Crippen molar-refractivity contribution < 1.29 is 24.2 Å². The Morgan fingerprint density at radius 2 is 2.00 bits per heavy atom. The topological polar surface area (TPSA) is 105 Å². The van der Waals surface area contributed by atoms with Gasteiger partial charge in [-0.1, -0.05) is 0 Å². The summed E-state index contributed by atoms with van der Waals surface area (Å²) in [5, 5.41) is 13.6. The lowest BCUT2D eigenvalue weighted by molar-refractivity contribution is -0.149. The van der Waals surface area contributed by atoms with E-state index in [0.717, 1.165) is 0 Å². The minimum Gasteiger partial charge on any atom is -0.479 e. The van der Waals surface area contributed by atoms with Gasteiger partial charge in [-0.05, 0) is 12.8 Å². The van der Waals surface area contributed by atoms with Crippen LogP contribution < -0.4 is 10.6 Å². The number of rotatable bonds is 5. The normalized spacial score (nSPS) is 23.1. The van der Waals surface area contributed by atoms with E-state index in [-0.39, 0.29) is 31.0 Å². The highest BCUT2D eigenvalue weighted by Gasteiger charge is 2.30. The van der Waals surface area contributed by atoms with Crippen LogP contribution in [0.3, 0.4) is 0 Å². The van der Waals surface area contributed by atoms with E-state index < -0.39 is 12.1 Å². The van der Waals surface area contributed by atoms with E-state index >= 15 is 0 Å². The Hall–Kier alpha value is -1.63. The van der Waals surface area contributed by atoms with Crippen molar-refractivity contribution >= 4 is 17.8 Å². The van der Waals surface area contributed by atoms with Gasteiger partial charge in [-0.15, -0.1) is 0 Å². The van der Waals surface area contributed by atoms with Crippen molar-refractivity contribution in [3.8, 4) is 0 Å². The molecule has 2 atom stereocenters. The fourth-order valence-corrected chi connectivity index (χ4v) is 1.53. The van der Waals surface area contributed by atoms with Gasteiger partial charge < -0.3 is 20.5 Å². The highest BCUT2D eigenvalue weighted by molar-refractivity contribution is 5.83. The lowest BCUT2D eigenvalue weighted by Gasteiger charge is -2.12. The van der Waals surface area contributed by atoms with Crippen LogP contribution >= 0.6 is 0 Å². The molecular weight excluding hydrogens is 228 g/mol. The molecule has 1 saturated heterocycles. The molecule has 7 heteroatoms. The first-order valence-corrected chi connectivity index (χ1v) is 5.38. The van der Waals surface area contributed by atoms with Crippen molar-refractivity contribution in [2.75, 3.05) is 13.1 Å². The number of amides is 2. The Morgan fingerprint density at radius 3 is 2.53 bits per heavy atom. The number of ether oxygens (including phenoxy) is 1. The van der Waals surface area contributed by atoms with Gasteiger partial charge in [0.25, 0.3) is 0 Å². The summed E-state index contributed by atoms with van der Waals surface area (Å²) in [4.78, 5) is 32.4. The maximum atomic E-state index is 11.2. The Balaban J connectivity index is 2.17. The summed E-state index contributed by atoms with van der Waals surface area (Å²) in [6.07, 6.45) is 0.0310. The van der Waals surface area contributed by atoms with Crippen molar-refractivity contribution in [2.24, 2.45) is 0 Å². The van der Waals surface area contributed by atoms with Gasteiger partial charge in [-0.3, -0.25) is 9.59 Å². The molecule has 1 aliphatic heterocycles. The molecule has 1 aliphatic rings. The Morgan fingerprint density at radius 1 is 1.29 bits per heavy atom. The summed E-state index contributed by atoms with van der Waals surface area (Å²) < 4.78 is 5.20. The van der Waals surface area contributed by atoms with Gasteiger partial charge in [-0.25, -0.2) is 4.79 Å². The number of carboxylic acid groups (broad SMARTS) is 1. The Labute approximate surface area is 98.5 Å². The van der Waals surface area contributed by atoms with Crippen molar-refractivity contribution in [3.05, 3.63) is 0 Å². The highest BCUT2D eigenvalue weighted by atomic mass is 16.5. The lowest BCUT2D eigenvalue weighted by atomic mass is 10.2. The van der Waals surface area contributed by atoms with E-state index in [0.29, 0.717) is 12.8 Å². The third-order valence-electron chi connectivity index (χ3n) is 2.41. The van der Waals surface area contributed by atoms with E-state index in [1.807, 2.05) is 0 Å². The first-order chi connectivity index (χ1) is 7.99. The molecule has 1 fully saturated rings. The average Bonchev–Trinajstić information content (AvgIpc) is 2.72. The molecular formula is C10H16N2O5. The molecule has 1 heterocycles. The second-order valence-corrected chi connectivity index (χ2v) is 3.88. The van der Waals surface area contributed by atoms with Gasteiger partial charge in [0.1, 0.15) is 0 Å². The zero-order valence-corrected chi connectivity index (χ0v) is 9.56. The molecule has 0 aromatic rings. The monoisotopic (exact) mass is 244 g/mol. The maximum absolute atomic E-state index is 11.2. The van der Waals surface area contributed by atoms with Crippen LogP contribution in [0.15, 0.2) is 0 Å². The largest absolute Gasteiger partial charge is 0.479 e. The fourth-order valence-electron chi connectivity index (χ4n) is 1.53. The van der Waals surface area contributed by atoms with E-state index in [9.17, 15) is 14.4 Å². The molecule has 0 radical (unpaired) electrons. The molecule has 0 aromatic carbocycles. The predicted octanol–water partition coefficient (Wildman–Crippen LogP) is -1.13. The molecule has 7 nitrogen and oxygen atoms in total. The minimum absolute atomic E-state index is 0.0790. The first-order valence-electron chi connectivity index (χ1n) is 5.38. The molecule has 2 unspecified atom stereocenters. The van der Waals surface area contributed by atoms with Crippen molar-refractivity contribution in [2.45, 2.75) is 32.0 Å². The summed E-state index contributed by atoms with van der Waals surface area (Å²) in [5.41, 5.74) is 0. The lowest BCUT2D eigenvalue weighted by Crippen LogP contribution is -2.39. The smallest absolute Gasteiger partial charge is 0.332 e. The molecule has 0 saturated carbocycles. The number of hydrogen-bond acceptors (Lipinski definition) is 4. The number of hydrogen-bond donors (Lipinski definition) is 3. The molecule has 3 N–H and O–H groups in total. The summed E-state index contributed by atoms with van der Waals surface area (Å²) >= 11 is 0. The summed E-state index contributed by atoms with van der Waals surface area (Å²) in [7, 11) is 0. The third-order valence-corrected chi connectivity index (χ3v) is 2.41. The van der Waals surface area contributed by atoms with E-state index in [1.165, 1.54) is 6.92 Å². The van der Waals surface area contributed by atoms with Crippen LogP contribution in [0.2, 0.25) is 0 Å². The van der Waals surface area contributed by atoms with E-state index in [2.05, 4.69) is 10.6 Å². The summed E-state index contributed by atoms with van der Waals surface area (Å²) in [6.45, 7) is 1.51. The standard InChI is InChI=1S/C10H16N2O5/c1-6(13)11-5-9(14)12-4-7-2-3-8(17-7)10(15)16/h7-8H,2-5H2,1H3,(H,11,13)(H,12,14)(H,15,16). The molecule has 2 amide bonds. The molecule has 17 heavy (non-hydrogen) atoms. The van der Waals surface area contributed by atoms with Gasteiger partial charge in [0, 0.05) is 13.5 Å². The van der Waals surface area contributed by atoms with Crippen LogP contribution in [0.25, 0.3) is 0 Å². The molecule has 0 spiro atoms. The molecule has 96 valence electrons. The van der Waals surface area contributed by atoms with Crippen LogP contribution in [-0.4, -0.2) is 48.2 Å². The second kappa shape index (κ2) is 6.19. The Bertz CT molecular complexity index is 318. The van der Waals surface area contributed by atoms with Crippen molar-refractivity contribution in [1.29, 1.82) is 0 Å². The number of carbonyl (C=O) groups is 3. The zero-order valence-electron chi connectivity index (χ0n) is 9.56. The van der Waals surface area contributed by atoms with E-state index in [4.69, 9.17) is 9.84 Å². The predicted molar refractivity (Wildman–Crippen MR) is 57.2 cm³/mol. The average molecular weight is 244 g/mol. The van der Waals surface area contributed by atoms with Crippen LogP contribution in [0.5, 0.6) is 0 Å². The van der Waals surface area contributed by atoms with Gasteiger partial charge in [-0.2, -0.15) is 0 Å². The summed E-state index contributed by atoms with van der Waals surface area (Å²) in [6, 6.07) is 0. The van der Waals surface area contributed by atoms with Crippen LogP contribution in [0.4, 0.5) is 0 Å². The summed E-state index contributed by atoms with van der Waals surface area (Å²) in [5.74, 6) is -1.57. The van der Waals surface area contributed by atoms with Gasteiger partial charge in [0.15, 0.2) is 6.10 Å². The Kier molecular flexibility index (Phi) is 4.89. The molecule has 0 aliphatic carbocycles. The number of carbonyl (C=O) groups excluding carboxylic acids is 2. The van der Waals surface area contributed by atoms with Crippen LogP contribution in [0, 0.1) is 0 Å². The number of carboxylic acids is 1. The van der Waals surface area contributed by atoms with Crippen LogP contribution in [0.1, 0.15) is 19.8 Å². The van der Waals surface area contributed by atoms with Gasteiger partial charge in [0.2, 0.25) is 11.8 Å². The molecule has 0 aromatic heterocycles. The van der Waals surface area contributed by atoms with Crippen LogP contribution in [-0.2, 0) is 19.1 Å². The molecule has 0 bridgehead atoms. The van der Waals surface area contributed by atoms with Crippen molar-refractivity contribution in [1.82, 2.24) is 10.6 Å². The maximum Gasteiger partial charge on any atom is 0.332 e. The zero-order chi connectivity index (χ0) is 12.8. The third kappa shape index (κ3) is 4.81. The van der Waals surface area contributed by atoms with Gasteiger partial charge >= 0.3 is 5.97 Å². The number of nitrogens with one attached hydrogen (secondary N) is 2. The minimum atomic E-state index is -0.975. The first kappa shape index (κ1) is 13.4. The molecule has 1 rings (SSSR count). The number of aliphatic carboxylic acids is 1. The van der Waals surface area contributed by atoms with E-state index in [1.54, 1.807) is 0 Å². The van der Waals surface area contributed by atoms with Crippen molar-refractivity contribution in [3.63, 3.8) is 0 Å².